The SMILES string of the molecule is COc1cc(CCC(=O)NCC2(c3ccccc3)CC2)cc(OC)c1OC. The van der Waals surface area contributed by atoms with E-state index in [-0.39, 0.29) is 11.3 Å². The van der Waals surface area contributed by atoms with E-state index in [4.69, 9.17) is 14.2 Å². The van der Waals surface area contributed by atoms with Gasteiger partial charge in [0.25, 0.3) is 0 Å². The minimum atomic E-state index is 0.0611. The molecule has 1 saturated carbocycles. The molecule has 0 spiro atoms. The Bertz CT molecular complexity index is 759. The van der Waals surface area contributed by atoms with Gasteiger partial charge in [0.1, 0.15) is 0 Å². The van der Waals surface area contributed by atoms with Gasteiger partial charge in [-0.1, -0.05) is 30.3 Å². The molecule has 1 aliphatic carbocycles. The van der Waals surface area contributed by atoms with Crippen LogP contribution in [-0.2, 0) is 16.6 Å². The third kappa shape index (κ3) is 4.35. The number of methoxy groups -OCH3 is 3. The second kappa shape index (κ2) is 8.33. The van der Waals surface area contributed by atoms with Crippen molar-refractivity contribution in [3.05, 3.63) is 53.6 Å². The summed E-state index contributed by atoms with van der Waals surface area (Å²) in [6.45, 7) is 0.700. The van der Waals surface area contributed by atoms with Crippen molar-refractivity contribution in [1.29, 1.82) is 0 Å². The van der Waals surface area contributed by atoms with Crippen LogP contribution >= 0.6 is 0 Å². The fourth-order valence-electron chi connectivity index (χ4n) is 3.40. The largest absolute Gasteiger partial charge is 0.493 e. The summed E-state index contributed by atoms with van der Waals surface area (Å²) in [6.07, 6.45) is 3.29. The number of rotatable bonds is 9. The lowest BCUT2D eigenvalue weighted by Gasteiger charge is -2.17. The molecule has 0 unspecified atom stereocenters. The first-order valence-corrected chi connectivity index (χ1v) is 9.23. The van der Waals surface area contributed by atoms with E-state index in [1.165, 1.54) is 5.56 Å². The highest BCUT2D eigenvalue weighted by Crippen LogP contribution is 2.47. The van der Waals surface area contributed by atoms with Crippen molar-refractivity contribution in [2.45, 2.75) is 31.1 Å². The number of nitrogens with one attached hydrogen (secondary N) is 1. The van der Waals surface area contributed by atoms with Gasteiger partial charge in [-0.05, 0) is 42.5 Å². The Morgan fingerprint density at radius 3 is 2.15 bits per heavy atom. The summed E-state index contributed by atoms with van der Waals surface area (Å²) < 4.78 is 16.1. The summed E-state index contributed by atoms with van der Waals surface area (Å²) in [7, 11) is 4.76. The highest BCUT2D eigenvalue weighted by atomic mass is 16.5. The molecule has 27 heavy (non-hydrogen) atoms. The van der Waals surface area contributed by atoms with Crippen LogP contribution in [0, 0.1) is 0 Å². The van der Waals surface area contributed by atoms with E-state index in [2.05, 4.69) is 29.6 Å². The normalized spacial score (nSPS) is 14.3. The van der Waals surface area contributed by atoms with Crippen LogP contribution in [0.2, 0.25) is 0 Å². The zero-order valence-electron chi connectivity index (χ0n) is 16.2. The average molecular weight is 369 g/mol. The van der Waals surface area contributed by atoms with E-state index >= 15 is 0 Å². The number of carbonyl (C=O) groups is 1. The number of carbonyl (C=O) groups excluding carboxylic acids is 1. The Morgan fingerprint density at radius 1 is 1.00 bits per heavy atom. The molecule has 5 heteroatoms. The Hall–Kier alpha value is -2.69. The Morgan fingerprint density at radius 2 is 1.63 bits per heavy atom. The third-order valence-electron chi connectivity index (χ3n) is 5.23. The molecule has 3 rings (SSSR count). The molecule has 1 aliphatic rings. The van der Waals surface area contributed by atoms with Crippen LogP contribution in [0.5, 0.6) is 17.2 Å². The number of hydrogen-bond acceptors (Lipinski definition) is 4. The first-order valence-electron chi connectivity index (χ1n) is 9.23. The molecule has 0 heterocycles. The molecule has 144 valence electrons. The zero-order chi connectivity index (χ0) is 19.3. The van der Waals surface area contributed by atoms with Crippen molar-refractivity contribution in [1.82, 2.24) is 5.32 Å². The number of ether oxygens (including phenoxy) is 3. The predicted octanol–water partition coefficient (Wildman–Crippen LogP) is 3.49. The topological polar surface area (TPSA) is 56.8 Å². The highest BCUT2D eigenvalue weighted by Gasteiger charge is 2.44. The van der Waals surface area contributed by atoms with E-state index < -0.39 is 0 Å². The summed E-state index contributed by atoms with van der Waals surface area (Å²) in [5, 5.41) is 3.11. The monoisotopic (exact) mass is 369 g/mol. The molecule has 0 radical (unpaired) electrons. The summed E-state index contributed by atoms with van der Waals surface area (Å²) in [5.41, 5.74) is 2.42. The molecule has 2 aromatic rings. The van der Waals surface area contributed by atoms with Gasteiger partial charge < -0.3 is 19.5 Å². The summed E-state index contributed by atoms with van der Waals surface area (Å²) in [6, 6.07) is 14.2. The zero-order valence-corrected chi connectivity index (χ0v) is 16.2. The van der Waals surface area contributed by atoms with Crippen molar-refractivity contribution in [3.63, 3.8) is 0 Å². The fourth-order valence-corrected chi connectivity index (χ4v) is 3.40. The van der Waals surface area contributed by atoms with Crippen LogP contribution in [0.25, 0.3) is 0 Å². The number of amides is 1. The molecule has 0 atom stereocenters. The van der Waals surface area contributed by atoms with Crippen molar-refractivity contribution in [2.75, 3.05) is 27.9 Å². The van der Waals surface area contributed by atoms with Crippen LogP contribution in [0.15, 0.2) is 42.5 Å². The molecule has 0 saturated heterocycles. The lowest BCUT2D eigenvalue weighted by molar-refractivity contribution is -0.121. The van der Waals surface area contributed by atoms with Crippen LogP contribution in [0.4, 0.5) is 0 Å². The van der Waals surface area contributed by atoms with E-state index in [9.17, 15) is 4.79 Å². The minimum Gasteiger partial charge on any atom is -0.493 e. The maximum Gasteiger partial charge on any atom is 0.220 e. The van der Waals surface area contributed by atoms with Gasteiger partial charge in [0.2, 0.25) is 11.7 Å². The predicted molar refractivity (Wildman–Crippen MR) is 105 cm³/mol. The smallest absolute Gasteiger partial charge is 0.220 e. The van der Waals surface area contributed by atoms with E-state index in [1.807, 2.05) is 18.2 Å². The highest BCUT2D eigenvalue weighted by molar-refractivity contribution is 5.76. The maximum atomic E-state index is 12.4. The Balaban J connectivity index is 1.57. The van der Waals surface area contributed by atoms with Crippen molar-refractivity contribution >= 4 is 5.91 Å². The Labute approximate surface area is 160 Å². The van der Waals surface area contributed by atoms with Gasteiger partial charge in [-0.2, -0.15) is 0 Å². The van der Waals surface area contributed by atoms with E-state index in [1.54, 1.807) is 21.3 Å². The average Bonchev–Trinajstić information content (AvgIpc) is 3.51. The first-order chi connectivity index (χ1) is 13.1. The van der Waals surface area contributed by atoms with Gasteiger partial charge in [0, 0.05) is 18.4 Å². The molecule has 0 aliphatic heterocycles. The van der Waals surface area contributed by atoms with E-state index in [0.717, 1.165) is 18.4 Å². The van der Waals surface area contributed by atoms with Crippen molar-refractivity contribution < 1.29 is 19.0 Å². The van der Waals surface area contributed by atoms with Gasteiger partial charge in [0.15, 0.2) is 11.5 Å². The molecule has 1 fully saturated rings. The molecule has 5 nitrogen and oxygen atoms in total. The van der Waals surface area contributed by atoms with Crippen LogP contribution in [-0.4, -0.2) is 33.8 Å². The molecule has 1 amide bonds. The van der Waals surface area contributed by atoms with Crippen LogP contribution in [0.1, 0.15) is 30.4 Å². The van der Waals surface area contributed by atoms with Gasteiger partial charge in [-0.25, -0.2) is 0 Å². The molecule has 0 bridgehead atoms. The van der Waals surface area contributed by atoms with Crippen molar-refractivity contribution in [3.8, 4) is 17.2 Å². The van der Waals surface area contributed by atoms with Crippen LogP contribution in [0.3, 0.4) is 0 Å². The maximum absolute atomic E-state index is 12.4. The van der Waals surface area contributed by atoms with Gasteiger partial charge >= 0.3 is 0 Å². The Kier molecular flexibility index (Phi) is 5.89. The van der Waals surface area contributed by atoms with Gasteiger partial charge in [0.05, 0.1) is 21.3 Å². The molecule has 2 aromatic carbocycles. The number of benzene rings is 2. The third-order valence-corrected chi connectivity index (χ3v) is 5.23. The minimum absolute atomic E-state index is 0.0611. The van der Waals surface area contributed by atoms with Crippen molar-refractivity contribution in [2.24, 2.45) is 0 Å². The second-order valence-electron chi connectivity index (χ2n) is 6.96. The quantitative estimate of drug-likeness (QED) is 0.735. The van der Waals surface area contributed by atoms with Crippen LogP contribution < -0.4 is 19.5 Å². The molecule has 1 N–H and O–H groups in total. The number of hydrogen-bond donors (Lipinski definition) is 1. The second-order valence-corrected chi connectivity index (χ2v) is 6.96. The standard InChI is InChI=1S/C22H27NO4/c1-25-18-13-16(14-19(26-2)21(18)27-3)9-10-20(24)23-15-22(11-12-22)17-7-5-4-6-8-17/h4-8,13-14H,9-12,15H2,1-3H3,(H,23,24). The van der Waals surface area contributed by atoms with E-state index in [0.29, 0.717) is 36.6 Å². The first kappa shape index (κ1) is 19.1. The molecule has 0 aromatic heterocycles. The fraction of sp³-hybridized carbons (Fsp3) is 0.409. The lowest BCUT2D eigenvalue weighted by Crippen LogP contribution is -2.32. The summed E-state index contributed by atoms with van der Waals surface area (Å²) >= 11 is 0. The number of aryl methyl sites for hydroxylation is 1. The lowest BCUT2D eigenvalue weighted by atomic mass is 9.96. The van der Waals surface area contributed by atoms with Gasteiger partial charge in [-0.3, -0.25) is 4.79 Å². The summed E-state index contributed by atoms with van der Waals surface area (Å²) in [4.78, 5) is 12.4. The molecular weight excluding hydrogens is 342 g/mol. The van der Waals surface area contributed by atoms with Gasteiger partial charge in [-0.15, -0.1) is 0 Å². The molecular formula is C22H27NO4. The summed E-state index contributed by atoms with van der Waals surface area (Å²) in [5.74, 6) is 1.83.